The lowest BCUT2D eigenvalue weighted by atomic mass is 9.93. The maximum Gasteiger partial charge on any atom is 0.300 e. The number of fused-ring (bicyclic) bond motifs is 1. The lowest BCUT2D eigenvalue weighted by Gasteiger charge is -2.29. The van der Waals surface area contributed by atoms with Crippen LogP contribution in [0.3, 0.4) is 0 Å². The summed E-state index contributed by atoms with van der Waals surface area (Å²) in [6.07, 6.45) is 1.92. The van der Waals surface area contributed by atoms with E-state index < -0.39 is 47.8 Å². The van der Waals surface area contributed by atoms with Crippen LogP contribution in [0.2, 0.25) is 0 Å². The molecular formula is C10H10O8S2. The molecule has 2 rings (SSSR count). The monoisotopic (exact) mass is 322 g/mol. The summed E-state index contributed by atoms with van der Waals surface area (Å²) in [5.74, 6) is -0.875. The first-order valence-electron chi connectivity index (χ1n) is 5.18. The van der Waals surface area contributed by atoms with Gasteiger partial charge in [-0.15, -0.1) is 0 Å². The second-order valence-corrected chi connectivity index (χ2v) is 7.29. The van der Waals surface area contributed by atoms with Gasteiger partial charge in [-0.1, -0.05) is 12.2 Å². The first kappa shape index (κ1) is 14.9. The normalized spacial score (nSPS) is 22.6. The van der Waals surface area contributed by atoms with Crippen LogP contribution >= 0.6 is 0 Å². The standard InChI is InChI=1S/C10H10O8S2/c11-8-5-7(19(13,14)15)4-6-2-1-3-10(12,9(6)8)20(16,17)18/h1-2,4-5,11-12H,3H2,(H,13,14,15)(H,16,17,18). The average Bonchev–Trinajstić information content (AvgIpc) is 2.25. The Labute approximate surface area is 114 Å². The number of aromatic hydroxyl groups is 1. The largest absolute Gasteiger partial charge is 0.507 e. The Morgan fingerprint density at radius 2 is 1.70 bits per heavy atom. The van der Waals surface area contributed by atoms with E-state index >= 15 is 0 Å². The predicted molar refractivity (Wildman–Crippen MR) is 67.0 cm³/mol. The van der Waals surface area contributed by atoms with E-state index in [1.165, 1.54) is 12.2 Å². The third-order valence-corrected chi connectivity index (χ3v) is 4.98. The van der Waals surface area contributed by atoms with Gasteiger partial charge in [0.05, 0.1) is 10.5 Å². The molecule has 0 saturated carbocycles. The smallest absolute Gasteiger partial charge is 0.300 e. The molecule has 0 aliphatic heterocycles. The topological polar surface area (TPSA) is 149 Å². The van der Waals surface area contributed by atoms with E-state index in [2.05, 4.69) is 0 Å². The molecule has 1 atom stereocenters. The van der Waals surface area contributed by atoms with Crippen LogP contribution in [0.15, 0.2) is 23.1 Å². The molecular weight excluding hydrogens is 312 g/mol. The zero-order valence-electron chi connectivity index (χ0n) is 9.75. The van der Waals surface area contributed by atoms with Crippen LogP contribution in [0.5, 0.6) is 5.75 Å². The lowest BCUT2D eigenvalue weighted by molar-refractivity contribution is 0.111. The molecule has 4 N–H and O–H groups in total. The maximum absolute atomic E-state index is 11.3. The maximum atomic E-state index is 11.3. The predicted octanol–water partition coefficient (Wildman–Crippen LogP) is 0.0887. The highest BCUT2D eigenvalue weighted by molar-refractivity contribution is 7.86. The summed E-state index contributed by atoms with van der Waals surface area (Å²) >= 11 is 0. The SMILES string of the molecule is O=S(=O)(O)c1cc(O)c2c(c1)C=CCC2(O)S(=O)(=O)O. The highest BCUT2D eigenvalue weighted by Crippen LogP contribution is 2.43. The average molecular weight is 322 g/mol. The summed E-state index contributed by atoms with van der Waals surface area (Å²) in [5, 5.41) is 19.8. The van der Waals surface area contributed by atoms with Crippen LogP contribution in [0, 0.1) is 0 Å². The minimum atomic E-state index is -4.98. The van der Waals surface area contributed by atoms with Crippen LogP contribution in [0.25, 0.3) is 6.08 Å². The summed E-state index contributed by atoms with van der Waals surface area (Å²) in [7, 11) is -9.60. The molecule has 1 unspecified atom stereocenters. The second kappa shape index (κ2) is 4.27. The first-order chi connectivity index (χ1) is 8.97. The van der Waals surface area contributed by atoms with Crippen molar-refractivity contribution in [2.45, 2.75) is 16.2 Å². The Kier molecular flexibility index (Phi) is 3.19. The summed E-state index contributed by atoms with van der Waals surface area (Å²) in [6, 6.07) is 1.46. The zero-order valence-corrected chi connectivity index (χ0v) is 11.4. The van der Waals surface area contributed by atoms with Gasteiger partial charge in [-0.05, 0) is 11.6 Å². The number of phenols is 1. The fraction of sp³-hybridized carbons (Fsp3) is 0.200. The van der Waals surface area contributed by atoms with Crippen LogP contribution in [-0.4, -0.2) is 36.2 Å². The molecule has 0 saturated heterocycles. The number of benzene rings is 1. The fourth-order valence-corrected chi connectivity index (χ4v) is 3.33. The molecule has 0 aromatic heterocycles. The Balaban J connectivity index is 2.83. The van der Waals surface area contributed by atoms with E-state index in [0.29, 0.717) is 6.07 Å². The van der Waals surface area contributed by atoms with Gasteiger partial charge in [0.15, 0.2) is 0 Å². The number of phenolic OH excluding ortho intramolecular Hbond substituents is 1. The van der Waals surface area contributed by atoms with E-state index in [1.54, 1.807) is 0 Å². The van der Waals surface area contributed by atoms with E-state index in [-0.39, 0.29) is 5.56 Å². The molecule has 1 aromatic carbocycles. The van der Waals surface area contributed by atoms with Gasteiger partial charge in [-0.3, -0.25) is 9.11 Å². The van der Waals surface area contributed by atoms with Crippen molar-refractivity contribution in [1.82, 2.24) is 0 Å². The molecule has 0 radical (unpaired) electrons. The molecule has 1 aromatic rings. The van der Waals surface area contributed by atoms with Crippen molar-refractivity contribution in [2.75, 3.05) is 0 Å². The van der Waals surface area contributed by atoms with Crippen molar-refractivity contribution < 1.29 is 36.2 Å². The summed E-state index contributed by atoms with van der Waals surface area (Å²) in [4.78, 5) is -3.45. The Morgan fingerprint density at radius 1 is 1.10 bits per heavy atom. The van der Waals surface area contributed by atoms with Crippen LogP contribution < -0.4 is 0 Å². The summed E-state index contributed by atoms with van der Waals surface area (Å²) in [5.41, 5.74) is -0.695. The van der Waals surface area contributed by atoms with Crippen LogP contribution in [-0.2, 0) is 25.2 Å². The van der Waals surface area contributed by atoms with Crippen LogP contribution in [0.1, 0.15) is 17.5 Å². The Bertz CT molecular complexity index is 806. The number of aliphatic hydroxyl groups is 1. The van der Waals surface area contributed by atoms with Gasteiger partial charge >= 0.3 is 0 Å². The third kappa shape index (κ3) is 2.21. The van der Waals surface area contributed by atoms with Crippen LogP contribution in [0.4, 0.5) is 0 Å². The number of hydrogen-bond acceptors (Lipinski definition) is 6. The molecule has 20 heavy (non-hydrogen) atoms. The Morgan fingerprint density at radius 3 is 2.20 bits per heavy atom. The van der Waals surface area contributed by atoms with E-state index in [9.17, 15) is 27.0 Å². The molecule has 0 fully saturated rings. The van der Waals surface area contributed by atoms with E-state index in [0.717, 1.165) is 6.07 Å². The van der Waals surface area contributed by atoms with Gasteiger partial charge in [0.25, 0.3) is 20.2 Å². The van der Waals surface area contributed by atoms with Crippen molar-refractivity contribution in [1.29, 1.82) is 0 Å². The molecule has 0 amide bonds. The zero-order chi connectivity index (χ0) is 15.3. The lowest BCUT2D eigenvalue weighted by Crippen LogP contribution is -2.37. The van der Waals surface area contributed by atoms with Gasteiger partial charge in [0.2, 0.25) is 4.93 Å². The van der Waals surface area contributed by atoms with E-state index in [1.807, 2.05) is 0 Å². The second-order valence-electron chi connectivity index (χ2n) is 4.25. The summed E-state index contributed by atoms with van der Waals surface area (Å²) < 4.78 is 62.7. The molecule has 0 heterocycles. The Hall–Kier alpha value is -1.46. The minimum Gasteiger partial charge on any atom is -0.507 e. The highest BCUT2D eigenvalue weighted by atomic mass is 32.2. The summed E-state index contributed by atoms with van der Waals surface area (Å²) in [6.45, 7) is 0. The molecule has 0 spiro atoms. The quantitative estimate of drug-likeness (QED) is 0.559. The van der Waals surface area contributed by atoms with Gasteiger partial charge in [-0.2, -0.15) is 16.8 Å². The number of rotatable bonds is 2. The molecule has 0 bridgehead atoms. The van der Waals surface area contributed by atoms with Gasteiger partial charge < -0.3 is 10.2 Å². The highest BCUT2D eigenvalue weighted by Gasteiger charge is 2.46. The van der Waals surface area contributed by atoms with Gasteiger partial charge in [0.1, 0.15) is 5.75 Å². The van der Waals surface area contributed by atoms with Gasteiger partial charge in [0, 0.05) is 12.5 Å². The van der Waals surface area contributed by atoms with Crippen molar-refractivity contribution in [3.63, 3.8) is 0 Å². The van der Waals surface area contributed by atoms with E-state index in [4.69, 9.17) is 9.11 Å². The fourth-order valence-electron chi connectivity index (χ4n) is 2.01. The molecule has 8 nitrogen and oxygen atoms in total. The van der Waals surface area contributed by atoms with Crippen molar-refractivity contribution in [3.05, 3.63) is 29.3 Å². The van der Waals surface area contributed by atoms with Crippen molar-refractivity contribution in [2.24, 2.45) is 0 Å². The molecule has 10 heteroatoms. The number of hydrogen-bond donors (Lipinski definition) is 4. The minimum absolute atomic E-state index is 0.149. The third-order valence-electron chi connectivity index (χ3n) is 2.93. The molecule has 110 valence electrons. The first-order valence-corrected chi connectivity index (χ1v) is 8.06. The van der Waals surface area contributed by atoms with Gasteiger partial charge in [-0.25, -0.2) is 0 Å². The van der Waals surface area contributed by atoms with Crippen molar-refractivity contribution in [3.8, 4) is 5.75 Å². The van der Waals surface area contributed by atoms with Crippen molar-refractivity contribution >= 4 is 26.3 Å². The molecule has 1 aliphatic rings. The molecule has 1 aliphatic carbocycles.